The molecule has 0 atom stereocenters. The van der Waals surface area contributed by atoms with E-state index in [0.717, 1.165) is 5.56 Å². The van der Waals surface area contributed by atoms with Crippen molar-refractivity contribution < 1.29 is 9.66 Å². The molecule has 0 unspecified atom stereocenters. The van der Waals surface area contributed by atoms with Crippen LogP contribution in [0.25, 0.3) is 0 Å². The molecule has 20 heavy (non-hydrogen) atoms. The smallest absolute Gasteiger partial charge is 0.290 e. The van der Waals surface area contributed by atoms with Crippen molar-refractivity contribution in [2.24, 2.45) is 0 Å². The van der Waals surface area contributed by atoms with Crippen molar-refractivity contribution in [1.82, 2.24) is 0 Å². The van der Waals surface area contributed by atoms with Crippen molar-refractivity contribution in [3.63, 3.8) is 0 Å². The van der Waals surface area contributed by atoms with Crippen molar-refractivity contribution >= 4 is 17.3 Å². The van der Waals surface area contributed by atoms with Gasteiger partial charge in [0.05, 0.1) is 16.0 Å². The molecular weight excluding hydrogens is 280 g/mol. The molecule has 2 aromatic carbocycles. The molecule has 2 rings (SSSR count). The number of rotatable bonds is 3. The fraction of sp³-hybridized carbons (Fsp3) is 0.0714. The van der Waals surface area contributed by atoms with Crippen LogP contribution in [0.5, 0.6) is 11.5 Å². The van der Waals surface area contributed by atoms with Crippen molar-refractivity contribution in [2.45, 2.75) is 6.92 Å². The van der Waals surface area contributed by atoms with Gasteiger partial charge in [0.25, 0.3) is 5.69 Å². The maximum atomic E-state index is 10.9. The fourth-order valence-corrected chi connectivity index (χ4v) is 1.91. The summed E-state index contributed by atoms with van der Waals surface area (Å²) in [5, 5.41) is 20.1. The summed E-state index contributed by atoms with van der Waals surface area (Å²) in [5.74, 6) is 0.651. The van der Waals surface area contributed by atoms with E-state index < -0.39 is 4.92 Å². The summed E-state index contributed by atoms with van der Waals surface area (Å²) in [6, 6.07) is 11.0. The predicted octanol–water partition coefficient (Wildman–Crippen LogP) is 4.22. The highest BCUT2D eigenvalue weighted by Gasteiger charge is 2.15. The van der Waals surface area contributed by atoms with Crippen LogP contribution in [0.4, 0.5) is 5.69 Å². The lowest BCUT2D eigenvalue weighted by Crippen LogP contribution is -1.94. The Kier molecular flexibility index (Phi) is 3.87. The van der Waals surface area contributed by atoms with E-state index in [1.54, 1.807) is 18.2 Å². The zero-order chi connectivity index (χ0) is 14.7. The molecule has 100 valence electrons. The lowest BCUT2D eigenvalue weighted by atomic mass is 10.2. The van der Waals surface area contributed by atoms with E-state index in [1.807, 2.05) is 13.0 Å². The Hall–Kier alpha value is -2.58. The molecule has 0 aliphatic heterocycles. The van der Waals surface area contributed by atoms with Crippen LogP contribution < -0.4 is 4.74 Å². The van der Waals surface area contributed by atoms with Gasteiger partial charge in [-0.2, -0.15) is 5.26 Å². The molecular formula is C14H9ClN2O3. The van der Waals surface area contributed by atoms with E-state index in [2.05, 4.69) is 0 Å². The van der Waals surface area contributed by atoms with Gasteiger partial charge < -0.3 is 4.74 Å². The van der Waals surface area contributed by atoms with Gasteiger partial charge in [-0.15, -0.1) is 0 Å². The summed E-state index contributed by atoms with van der Waals surface area (Å²) in [6.07, 6.45) is 0. The third kappa shape index (κ3) is 2.87. The zero-order valence-electron chi connectivity index (χ0n) is 10.5. The average molecular weight is 289 g/mol. The van der Waals surface area contributed by atoms with Gasteiger partial charge in [0.1, 0.15) is 23.1 Å². The number of benzene rings is 2. The van der Waals surface area contributed by atoms with Gasteiger partial charge in [0.2, 0.25) is 0 Å². The maximum Gasteiger partial charge on any atom is 0.290 e. The Morgan fingerprint density at radius 2 is 2.05 bits per heavy atom. The first-order valence-corrected chi connectivity index (χ1v) is 6.01. The van der Waals surface area contributed by atoms with Crippen LogP contribution in [-0.4, -0.2) is 4.92 Å². The molecule has 0 bridgehead atoms. The van der Waals surface area contributed by atoms with E-state index in [4.69, 9.17) is 21.6 Å². The first-order valence-electron chi connectivity index (χ1n) is 5.64. The molecule has 5 nitrogen and oxygen atoms in total. The highest BCUT2D eigenvalue weighted by atomic mass is 35.5. The topological polar surface area (TPSA) is 76.2 Å². The van der Waals surface area contributed by atoms with Gasteiger partial charge in [-0.25, -0.2) is 0 Å². The average Bonchev–Trinajstić information content (AvgIpc) is 2.41. The SMILES string of the molecule is Cc1ccc(Oc2ccc(C#N)c([N+](=O)[O-])c2)c(Cl)c1. The first-order chi connectivity index (χ1) is 9.51. The number of aryl methyl sites for hydroxylation is 1. The maximum absolute atomic E-state index is 10.9. The van der Waals surface area contributed by atoms with Gasteiger partial charge >= 0.3 is 0 Å². The van der Waals surface area contributed by atoms with Crippen LogP contribution in [0.15, 0.2) is 36.4 Å². The van der Waals surface area contributed by atoms with Gasteiger partial charge in [-0.1, -0.05) is 17.7 Å². The minimum Gasteiger partial charge on any atom is -0.456 e. The zero-order valence-corrected chi connectivity index (χ0v) is 11.2. The summed E-state index contributed by atoms with van der Waals surface area (Å²) in [5.41, 5.74) is 0.666. The minimum absolute atomic E-state index is 0.0163. The second-order valence-corrected chi connectivity index (χ2v) is 4.49. The van der Waals surface area contributed by atoms with E-state index in [0.29, 0.717) is 10.8 Å². The predicted molar refractivity (Wildman–Crippen MR) is 74.1 cm³/mol. The van der Waals surface area contributed by atoms with E-state index in [1.165, 1.54) is 18.2 Å². The number of nitro benzene ring substituents is 1. The highest BCUT2D eigenvalue weighted by molar-refractivity contribution is 6.32. The molecule has 0 spiro atoms. The van der Waals surface area contributed by atoms with Gasteiger partial charge in [-0.05, 0) is 36.8 Å². The van der Waals surface area contributed by atoms with Crippen LogP contribution in [0.1, 0.15) is 11.1 Å². The van der Waals surface area contributed by atoms with Gasteiger partial charge in [0.15, 0.2) is 0 Å². The monoisotopic (exact) mass is 288 g/mol. The van der Waals surface area contributed by atoms with Gasteiger partial charge in [0, 0.05) is 0 Å². The Labute approximate surface area is 120 Å². The number of nitro groups is 1. The van der Waals surface area contributed by atoms with Crippen molar-refractivity contribution in [2.75, 3.05) is 0 Å². The molecule has 0 fully saturated rings. The second kappa shape index (κ2) is 5.59. The summed E-state index contributed by atoms with van der Waals surface area (Å²) in [7, 11) is 0. The first kappa shape index (κ1) is 13.8. The van der Waals surface area contributed by atoms with Crippen molar-refractivity contribution in [1.29, 1.82) is 5.26 Å². The van der Waals surface area contributed by atoms with E-state index in [-0.39, 0.29) is 17.0 Å². The summed E-state index contributed by atoms with van der Waals surface area (Å²) < 4.78 is 5.51. The molecule has 6 heteroatoms. The number of ether oxygens (including phenoxy) is 1. The normalized spacial score (nSPS) is 9.85. The summed E-state index contributed by atoms with van der Waals surface area (Å²) in [6.45, 7) is 1.89. The number of hydrogen-bond donors (Lipinski definition) is 0. The molecule has 0 heterocycles. The van der Waals surface area contributed by atoms with E-state index >= 15 is 0 Å². The second-order valence-electron chi connectivity index (χ2n) is 4.08. The third-order valence-electron chi connectivity index (χ3n) is 2.60. The Balaban J connectivity index is 2.37. The molecule has 0 N–H and O–H groups in total. The van der Waals surface area contributed by atoms with Crippen molar-refractivity contribution in [3.05, 3.63) is 62.7 Å². The lowest BCUT2D eigenvalue weighted by Gasteiger charge is -2.08. The third-order valence-corrected chi connectivity index (χ3v) is 2.90. The molecule has 0 saturated carbocycles. The van der Waals surface area contributed by atoms with Crippen LogP contribution in [-0.2, 0) is 0 Å². The molecule has 2 aromatic rings. The molecule has 0 radical (unpaired) electrons. The largest absolute Gasteiger partial charge is 0.456 e. The highest BCUT2D eigenvalue weighted by Crippen LogP contribution is 2.32. The summed E-state index contributed by atoms with van der Waals surface area (Å²) >= 11 is 6.03. The van der Waals surface area contributed by atoms with Crippen LogP contribution in [0.3, 0.4) is 0 Å². The van der Waals surface area contributed by atoms with Crippen LogP contribution >= 0.6 is 11.6 Å². The molecule has 0 aliphatic rings. The standard InChI is InChI=1S/C14H9ClN2O3/c1-9-2-5-14(12(15)6-9)20-11-4-3-10(8-16)13(7-11)17(18)19/h2-7H,1H3. The summed E-state index contributed by atoms with van der Waals surface area (Å²) in [4.78, 5) is 10.2. The minimum atomic E-state index is -0.623. The molecule has 0 amide bonds. The van der Waals surface area contributed by atoms with E-state index in [9.17, 15) is 10.1 Å². The van der Waals surface area contributed by atoms with Crippen molar-refractivity contribution in [3.8, 4) is 17.6 Å². The quantitative estimate of drug-likeness (QED) is 0.626. The molecule has 0 saturated heterocycles. The Morgan fingerprint density at radius 1 is 1.30 bits per heavy atom. The lowest BCUT2D eigenvalue weighted by molar-refractivity contribution is -0.385. The van der Waals surface area contributed by atoms with Crippen LogP contribution in [0, 0.1) is 28.4 Å². The molecule has 0 aromatic heterocycles. The number of hydrogen-bond acceptors (Lipinski definition) is 4. The van der Waals surface area contributed by atoms with Crippen LogP contribution in [0.2, 0.25) is 5.02 Å². The number of halogens is 1. The number of nitrogens with zero attached hydrogens (tertiary/aromatic N) is 2. The Morgan fingerprint density at radius 3 is 2.65 bits per heavy atom. The fourth-order valence-electron chi connectivity index (χ4n) is 1.64. The Bertz CT molecular complexity index is 723. The molecule has 0 aliphatic carbocycles. The van der Waals surface area contributed by atoms with Gasteiger partial charge in [-0.3, -0.25) is 10.1 Å². The number of nitriles is 1.